The van der Waals surface area contributed by atoms with Crippen LogP contribution in [0.4, 0.5) is 10.2 Å². The van der Waals surface area contributed by atoms with Gasteiger partial charge >= 0.3 is 0 Å². The molecule has 0 radical (unpaired) electrons. The van der Waals surface area contributed by atoms with Gasteiger partial charge in [-0.05, 0) is 63.8 Å². The molecule has 0 spiro atoms. The summed E-state index contributed by atoms with van der Waals surface area (Å²) in [5.41, 5.74) is 6.18. The van der Waals surface area contributed by atoms with Gasteiger partial charge in [0, 0.05) is 18.5 Å². The second kappa shape index (κ2) is 8.43. The average molecular weight is 484 g/mol. The molecule has 4 heterocycles. The van der Waals surface area contributed by atoms with Gasteiger partial charge in [-0.1, -0.05) is 0 Å². The van der Waals surface area contributed by atoms with Crippen LogP contribution in [0.3, 0.4) is 0 Å². The fourth-order valence-corrected chi connectivity index (χ4v) is 7.20. The highest BCUT2D eigenvalue weighted by Crippen LogP contribution is 2.40. The Morgan fingerprint density at radius 2 is 2.09 bits per heavy atom. The third kappa shape index (κ3) is 3.92. The van der Waals surface area contributed by atoms with Gasteiger partial charge in [0.1, 0.15) is 45.2 Å². The lowest BCUT2D eigenvalue weighted by atomic mass is 9.93. The van der Waals surface area contributed by atoms with E-state index in [1.165, 1.54) is 18.3 Å². The van der Waals surface area contributed by atoms with Gasteiger partial charge in [-0.25, -0.2) is 22.9 Å². The molecule has 4 rings (SSSR count). The summed E-state index contributed by atoms with van der Waals surface area (Å²) < 4.78 is 32.2. The number of nitrogens with one attached hydrogen (secondary N) is 1. The van der Waals surface area contributed by atoms with Crippen molar-refractivity contribution in [3.8, 4) is 6.07 Å². The standard InChI is InChI=1S/C23H26FN7O2S/c1-14-11-15(12-25)13-27-18(14)20(32)30-17-6-5-16(24)19(29-17)22(2)8-10-34(33)23(3,21(26)31-22)7-4-9-28-34/h5-6,11,13H,4,7-10H2,1-3H3,(H2,26,31)(H,29,30,32)/t22-,23-,34+/m0/s1. The van der Waals surface area contributed by atoms with E-state index < -0.39 is 31.7 Å². The number of aryl methyl sites for hydroxylation is 1. The number of anilines is 1. The highest BCUT2D eigenvalue weighted by atomic mass is 32.2. The number of amidine groups is 1. The first-order chi connectivity index (χ1) is 16.0. The second-order valence-electron chi connectivity index (χ2n) is 9.03. The molecule has 0 unspecified atom stereocenters. The van der Waals surface area contributed by atoms with Crippen molar-refractivity contribution < 1.29 is 13.4 Å². The maximum atomic E-state index is 15.0. The minimum Gasteiger partial charge on any atom is -0.386 e. The van der Waals surface area contributed by atoms with E-state index in [4.69, 9.17) is 11.0 Å². The molecule has 0 bridgehead atoms. The normalized spacial score (nSPS) is 28.5. The molecule has 2 aromatic heterocycles. The molecule has 2 aromatic rings. The minimum atomic E-state index is -2.67. The largest absolute Gasteiger partial charge is 0.386 e. The number of nitrogens with zero attached hydrogens (tertiary/aromatic N) is 5. The zero-order chi connectivity index (χ0) is 24.7. The summed E-state index contributed by atoms with van der Waals surface area (Å²) in [5, 5.41) is 11.6. The van der Waals surface area contributed by atoms with E-state index in [0.29, 0.717) is 24.1 Å². The number of carbonyl (C=O) groups is 1. The van der Waals surface area contributed by atoms with Crippen LogP contribution in [0.5, 0.6) is 0 Å². The van der Waals surface area contributed by atoms with Crippen molar-refractivity contribution in [3.63, 3.8) is 0 Å². The van der Waals surface area contributed by atoms with Crippen molar-refractivity contribution in [2.45, 2.75) is 50.3 Å². The van der Waals surface area contributed by atoms with Crippen LogP contribution < -0.4 is 11.1 Å². The fraction of sp³-hybridized carbons (Fsp3) is 0.435. The molecule has 0 saturated heterocycles. The molecule has 2 aliphatic rings. The predicted molar refractivity (Wildman–Crippen MR) is 127 cm³/mol. The molecule has 0 fully saturated rings. The zero-order valence-corrected chi connectivity index (χ0v) is 20.1. The lowest BCUT2D eigenvalue weighted by molar-refractivity contribution is 0.102. The van der Waals surface area contributed by atoms with Crippen LogP contribution in [0.1, 0.15) is 60.4 Å². The number of nitrogens with two attached hydrogens (primary N) is 1. The molecule has 0 aromatic carbocycles. The highest BCUT2D eigenvalue weighted by Gasteiger charge is 2.47. The summed E-state index contributed by atoms with van der Waals surface area (Å²) in [7, 11) is -2.67. The maximum absolute atomic E-state index is 15.0. The van der Waals surface area contributed by atoms with E-state index in [1.807, 2.05) is 13.0 Å². The summed E-state index contributed by atoms with van der Waals surface area (Å²) >= 11 is 0. The number of rotatable bonds is 3. The van der Waals surface area contributed by atoms with Crippen molar-refractivity contribution >= 4 is 27.3 Å². The quantitative estimate of drug-likeness (QED) is 0.686. The van der Waals surface area contributed by atoms with E-state index >= 15 is 4.39 Å². The molecular formula is C23H26FN7O2S. The number of carbonyl (C=O) groups excluding carboxylic acids is 1. The van der Waals surface area contributed by atoms with Crippen LogP contribution in [0.15, 0.2) is 33.8 Å². The summed E-state index contributed by atoms with van der Waals surface area (Å²) in [6.07, 6.45) is 2.91. The van der Waals surface area contributed by atoms with Gasteiger partial charge in [-0.3, -0.25) is 9.79 Å². The van der Waals surface area contributed by atoms with Crippen molar-refractivity contribution in [1.29, 1.82) is 5.26 Å². The summed E-state index contributed by atoms with van der Waals surface area (Å²) in [5.74, 6) is -0.623. The first-order valence-electron chi connectivity index (χ1n) is 10.9. The molecule has 0 saturated carbocycles. The second-order valence-corrected chi connectivity index (χ2v) is 11.9. The molecular weight excluding hydrogens is 457 g/mol. The number of amides is 1. The van der Waals surface area contributed by atoms with Crippen LogP contribution >= 0.6 is 0 Å². The van der Waals surface area contributed by atoms with E-state index in [1.54, 1.807) is 19.9 Å². The van der Waals surface area contributed by atoms with E-state index in [0.717, 1.165) is 6.42 Å². The van der Waals surface area contributed by atoms with Gasteiger partial charge < -0.3 is 11.1 Å². The number of pyridine rings is 2. The molecule has 178 valence electrons. The molecule has 3 atom stereocenters. The minimum absolute atomic E-state index is 0.00278. The Morgan fingerprint density at radius 1 is 1.32 bits per heavy atom. The molecule has 34 heavy (non-hydrogen) atoms. The van der Waals surface area contributed by atoms with E-state index in [-0.39, 0.29) is 35.2 Å². The van der Waals surface area contributed by atoms with Crippen molar-refractivity contribution in [2.24, 2.45) is 15.1 Å². The first kappa shape index (κ1) is 23.8. The van der Waals surface area contributed by atoms with E-state index in [9.17, 15) is 9.00 Å². The average Bonchev–Trinajstić information content (AvgIpc) is 2.88. The van der Waals surface area contributed by atoms with E-state index in [2.05, 4.69) is 24.6 Å². The summed E-state index contributed by atoms with van der Waals surface area (Å²) in [4.78, 5) is 25.8. The third-order valence-corrected chi connectivity index (χ3v) is 9.79. The molecule has 11 heteroatoms. The van der Waals surface area contributed by atoms with Gasteiger partial charge in [-0.15, -0.1) is 0 Å². The topological polar surface area (TPSA) is 146 Å². The lowest BCUT2D eigenvalue weighted by Gasteiger charge is -2.33. The van der Waals surface area contributed by atoms with Crippen molar-refractivity contribution in [1.82, 2.24) is 9.97 Å². The predicted octanol–water partition coefficient (Wildman–Crippen LogP) is 3.04. The van der Waals surface area contributed by atoms with Gasteiger partial charge in [0.25, 0.3) is 5.91 Å². The maximum Gasteiger partial charge on any atom is 0.275 e. The van der Waals surface area contributed by atoms with Gasteiger partial charge in [0.2, 0.25) is 0 Å². The first-order valence-corrected chi connectivity index (χ1v) is 12.6. The number of hydrogen-bond donors (Lipinski definition) is 2. The Bertz CT molecular complexity index is 1380. The van der Waals surface area contributed by atoms with Crippen molar-refractivity contribution in [2.75, 3.05) is 17.6 Å². The Morgan fingerprint density at radius 3 is 2.79 bits per heavy atom. The van der Waals surface area contributed by atoms with Crippen LogP contribution in [-0.2, 0) is 15.3 Å². The smallest absolute Gasteiger partial charge is 0.275 e. The number of nitriles is 1. The number of aromatic nitrogens is 2. The Kier molecular flexibility index (Phi) is 5.89. The molecule has 0 aliphatic carbocycles. The SMILES string of the molecule is Cc1cc(C#N)cnc1C(=O)Nc1ccc(F)c([C@]2(C)CC[S@]3(=O)=NCCC[C@@]3(C)C(N)=N2)n1. The van der Waals surface area contributed by atoms with Gasteiger partial charge in [0.05, 0.1) is 15.3 Å². The number of fused-ring (bicyclic) bond motifs is 1. The molecule has 2 aliphatic heterocycles. The highest BCUT2D eigenvalue weighted by molar-refractivity contribution is 7.95. The molecule has 9 nitrogen and oxygen atoms in total. The number of halogens is 1. The fourth-order valence-electron chi connectivity index (χ4n) is 4.40. The Labute approximate surface area is 197 Å². The summed E-state index contributed by atoms with van der Waals surface area (Å²) in [6, 6.07) is 6.08. The molecule has 1 amide bonds. The summed E-state index contributed by atoms with van der Waals surface area (Å²) in [6.45, 7) is 5.69. The van der Waals surface area contributed by atoms with Crippen LogP contribution in [-0.4, -0.2) is 43.0 Å². The van der Waals surface area contributed by atoms with Gasteiger partial charge in [-0.2, -0.15) is 5.26 Å². The lowest BCUT2D eigenvalue weighted by Crippen LogP contribution is -2.49. The van der Waals surface area contributed by atoms with Crippen molar-refractivity contribution in [3.05, 3.63) is 52.7 Å². The Hall–Kier alpha value is -3.39. The third-order valence-electron chi connectivity index (χ3n) is 6.61. The molecule has 3 N–H and O–H groups in total. The Balaban J connectivity index is 1.69. The zero-order valence-electron chi connectivity index (χ0n) is 19.3. The number of aliphatic imine (C=N–C) groups is 1. The van der Waals surface area contributed by atoms with Gasteiger partial charge in [0.15, 0.2) is 0 Å². The van der Waals surface area contributed by atoms with Crippen LogP contribution in [0, 0.1) is 24.1 Å². The van der Waals surface area contributed by atoms with Crippen LogP contribution in [0.25, 0.3) is 0 Å². The number of hydrogen-bond acceptors (Lipinski definition) is 8. The monoisotopic (exact) mass is 483 g/mol. The van der Waals surface area contributed by atoms with Crippen LogP contribution in [0.2, 0.25) is 0 Å².